The molecule has 0 atom stereocenters. The number of aliphatic hydroxyl groups excluding tert-OH is 1. The highest BCUT2D eigenvalue weighted by atomic mass is 16.3. The summed E-state index contributed by atoms with van der Waals surface area (Å²) in [6.45, 7) is 3.20. The summed E-state index contributed by atoms with van der Waals surface area (Å²) in [5.41, 5.74) is 2.24. The Kier molecular flexibility index (Phi) is 3.14. The van der Waals surface area contributed by atoms with Crippen molar-refractivity contribution in [2.75, 3.05) is 13.1 Å². The fourth-order valence-corrected chi connectivity index (χ4v) is 1.46. The number of hydrogen-bond acceptors (Lipinski definition) is 3. The first-order chi connectivity index (χ1) is 6.88. The SMILES string of the molecule is OCc1ccc(CNC2CNC2)cc1. The van der Waals surface area contributed by atoms with Gasteiger partial charge in [0.05, 0.1) is 6.61 Å². The first-order valence-corrected chi connectivity index (χ1v) is 5.01. The molecule has 1 aromatic carbocycles. The standard InChI is InChI=1S/C11H16N2O/c14-8-10-3-1-9(2-4-10)5-13-11-6-12-7-11/h1-4,11-14H,5-8H2. The van der Waals surface area contributed by atoms with Crippen LogP contribution in [0.3, 0.4) is 0 Å². The predicted octanol–water partition coefficient (Wildman–Crippen LogP) is 0.240. The highest BCUT2D eigenvalue weighted by Gasteiger charge is 2.14. The number of aliphatic hydroxyl groups is 1. The minimum Gasteiger partial charge on any atom is -0.392 e. The second-order valence-electron chi connectivity index (χ2n) is 3.71. The molecule has 3 heteroatoms. The summed E-state index contributed by atoms with van der Waals surface area (Å²) in [5, 5.41) is 15.5. The molecule has 3 nitrogen and oxygen atoms in total. The summed E-state index contributed by atoms with van der Waals surface area (Å²) in [5.74, 6) is 0. The lowest BCUT2D eigenvalue weighted by atomic mass is 10.1. The van der Waals surface area contributed by atoms with Crippen molar-refractivity contribution in [3.8, 4) is 0 Å². The van der Waals surface area contributed by atoms with E-state index in [0.717, 1.165) is 25.2 Å². The van der Waals surface area contributed by atoms with Crippen LogP contribution in [-0.4, -0.2) is 24.2 Å². The summed E-state index contributed by atoms with van der Waals surface area (Å²) in [6, 6.07) is 8.69. The van der Waals surface area contributed by atoms with Crippen LogP contribution in [0.25, 0.3) is 0 Å². The number of rotatable bonds is 4. The maximum Gasteiger partial charge on any atom is 0.0681 e. The molecule has 0 radical (unpaired) electrons. The van der Waals surface area contributed by atoms with Gasteiger partial charge in [-0.25, -0.2) is 0 Å². The van der Waals surface area contributed by atoms with Gasteiger partial charge in [0.15, 0.2) is 0 Å². The first kappa shape index (κ1) is 9.65. The zero-order chi connectivity index (χ0) is 9.80. The van der Waals surface area contributed by atoms with E-state index < -0.39 is 0 Å². The fourth-order valence-electron chi connectivity index (χ4n) is 1.46. The molecule has 14 heavy (non-hydrogen) atoms. The molecule has 0 saturated carbocycles. The summed E-state index contributed by atoms with van der Waals surface area (Å²) in [6.07, 6.45) is 0. The van der Waals surface area contributed by atoms with E-state index >= 15 is 0 Å². The molecule has 1 aliphatic rings. The molecule has 1 fully saturated rings. The molecule has 3 N–H and O–H groups in total. The van der Waals surface area contributed by atoms with Gasteiger partial charge in [-0.2, -0.15) is 0 Å². The van der Waals surface area contributed by atoms with Crippen LogP contribution < -0.4 is 10.6 Å². The van der Waals surface area contributed by atoms with Crippen LogP contribution in [0.1, 0.15) is 11.1 Å². The minimum absolute atomic E-state index is 0.125. The molecule has 1 aliphatic heterocycles. The van der Waals surface area contributed by atoms with Crippen molar-refractivity contribution < 1.29 is 5.11 Å². The molecule has 0 aromatic heterocycles. The van der Waals surface area contributed by atoms with Crippen LogP contribution in [0.15, 0.2) is 24.3 Å². The molecular formula is C11H16N2O. The fraction of sp³-hybridized carbons (Fsp3) is 0.455. The lowest BCUT2D eigenvalue weighted by molar-refractivity contribution is 0.282. The molecule has 0 amide bonds. The van der Waals surface area contributed by atoms with E-state index in [-0.39, 0.29) is 6.61 Å². The Balaban J connectivity index is 1.83. The van der Waals surface area contributed by atoms with Gasteiger partial charge in [0, 0.05) is 25.7 Å². The van der Waals surface area contributed by atoms with Crippen molar-refractivity contribution in [1.82, 2.24) is 10.6 Å². The molecule has 76 valence electrons. The molecule has 0 unspecified atom stereocenters. The average molecular weight is 192 g/mol. The number of benzene rings is 1. The first-order valence-electron chi connectivity index (χ1n) is 5.01. The smallest absolute Gasteiger partial charge is 0.0681 e. The lowest BCUT2D eigenvalue weighted by Crippen LogP contribution is -2.54. The quantitative estimate of drug-likeness (QED) is 0.640. The Morgan fingerprint density at radius 1 is 1.21 bits per heavy atom. The molecule has 0 bridgehead atoms. The van der Waals surface area contributed by atoms with Crippen molar-refractivity contribution >= 4 is 0 Å². The van der Waals surface area contributed by atoms with Gasteiger partial charge in [-0.05, 0) is 11.1 Å². The van der Waals surface area contributed by atoms with Gasteiger partial charge >= 0.3 is 0 Å². The van der Waals surface area contributed by atoms with Crippen molar-refractivity contribution in [3.63, 3.8) is 0 Å². The Morgan fingerprint density at radius 3 is 2.36 bits per heavy atom. The van der Waals surface area contributed by atoms with Crippen molar-refractivity contribution in [1.29, 1.82) is 0 Å². The van der Waals surface area contributed by atoms with Gasteiger partial charge in [-0.3, -0.25) is 0 Å². The predicted molar refractivity (Wildman–Crippen MR) is 55.9 cm³/mol. The van der Waals surface area contributed by atoms with E-state index in [1.54, 1.807) is 0 Å². The van der Waals surface area contributed by atoms with E-state index in [4.69, 9.17) is 5.11 Å². The number of nitrogens with one attached hydrogen (secondary N) is 2. The lowest BCUT2D eigenvalue weighted by Gasteiger charge is -2.28. The normalized spacial score (nSPS) is 16.6. The summed E-state index contributed by atoms with van der Waals surface area (Å²) < 4.78 is 0. The van der Waals surface area contributed by atoms with Gasteiger partial charge in [-0.1, -0.05) is 24.3 Å². The zero-order valence-corrected chi connectivity index (χ0v) is 8.16. The maximum atomic E-state index is 8.87. The van der Waals surface area contributed by atoms with Crippen molar-refractivity contribution in [3.05, 3.63) is 35.4 Å². The summed E-state index contributed by atoms with van der Waals surface area (Å²) >= 11 is 0. The minimum atomic E-state index is 0.125. The van der Waals surface area contributed by atoms with Gasteiger partial charge in [0.2, 0.25) is 0 Å². The van der Waals surface area contributed by atoms with Crippen molar-refractivity contribution in [2.24, 2.45) is 0 Å². The molecule has 0 aliphatic carbocycles. The second kappa shape index (κ2) is 4.55. The van der Waals surface area contributed by atoms with Crippen LogP contribution in [-0.2, 0) is 13.2 Å². The van der Waals surface area contributed by atoms with E-state index in [9.17, 15) is 0 Å². The van der Waals surface area contributed by atoms with Gasteiger partial charge in [0.1, 0.15) is 0 Å². The van der Waals surface area contributed by atoms with E-state index in [1.807, 2.05) is 12.1 Å². The van der Waals surface area contributed by atoms with Gasteiger partial charge in [0.25, 0.3) is 0 Å². The van der Waals surface area contributed by atoms with E-state index in [0.29, 0.717) is 6.04 Å². The largest absolute Gasteiger partial charge is 0.392 e. The molecule has 0 spiro atoms. The van der Waals surface area contributed by atoms with Crippen molar-refractivity contribution in [2.45, 2.75) is 19.2 Å². The van der Waals surface area contributed by atoms with Crippen LogP contribution in [0, 0.1) is 0 Å². The Morgan fingerprint density at radius 2 is 1.86 bits per heavy atom. The van der Waals surface area contributed by atoms with Gasteiger partial charge in [-0.15, -0.1) is 0 Å². The molecule has 1 aromatic rings. The molecular weight excluding hydrogens is 176 g/mol. The Labute approximate surface area is 84.1 Å². The third-order valence-electron chi connectivity index (χ3n) is 2.58. The topological polar surface area (TPSA) is 44.3 Å². The third kappa shape index (κ3) is 2.32. The Hall–Kier alpha value is -0.900. The Bertz CT molecular complexity index is 280. The van der Waals surface area contributed by atoms with Crippen LogP contribution >= 0.6 is 0 Å². The zero-order valence-electron chi connectivity index (χ0n) is 8.16. The third-order valence-corrected chi connectivity index (χ3v) is 2.58. The number of hydrogen-bond donors (Lipinski definition) is 3. The highest BCUT2D eigenvalue weighted by Crippen LogP contribution is 2.04. The van der Waals surface area contributed by atoms with E-state index in [2.05, 4.69) is 22.8 Å². The average Bonchev–Trinajstić information content (AvgIpc) is 2.16. The molecule has 1 heterocycles. The van der Waals surface area contributed by atoms with E-state index in [1.165, 1.54) is 5.56 Å². The maximum absolute atomic E-state index is 8.87. The van der Waals surface area contributed by atoms with Crippen LogP contribution in [0.5, 0.6) is 0 Å². The summed E-state index contributed by atoms with van der Waals surface area (Å²) in [4.78, 5) is 0. The van der Waals surface area contributed by atoms with Gasteiger partial charge < -0.3 is 15.7 Å². The molecule has 2 rings (SSSR count). The summed E-state index contributed by atoms with van der Waals surface area (Å²) in [7, 11) is 0. The van der Waals surface area contributed by atoms with Crippen LogP contribution in [0.4, 0.5) is 0 Å². The highest BCUT2D eigenvalue weighted by molar-refractivity contribution is 5.21. The molecule has 1 saturated heterocycles. The monoisotopic (exact) mass is 192 g/mol. The van der Waals surface area contributed by atoms with Crippen LogP contribution in [0.2, 0.25) is 0 Å². The second-order valence-corrected chi connectivity index (χ2v) is 3.71.